The Morgan fingerprint density at radius 3 is 2.24 bits per heavy atom. The molecule has 1 N–H and O–H groups in total. The normalized spacial score (nSPS) is 20.6. The number of ether oxygens (including phenoxy) is 1. The van der Waals surface area contributed by atoms with Crippen LogP contribution >= 0.6 is 12.4 Å². The number of unbranched alkanes of at least 4 members (excludes halogenated alkanes) is 5. The molecule has 0 saturated heterocycles. The second-order valence-corrected chi connectivity index (χ2v) is 8.35. The van der Waals surface area contributed by atoms with Gasteiger partial charge in [0.1, 0.15) is 5.76 Å². The Hall–Kier alpha value is -0.890. The molecule has 2 atom stereocenters. The molecule has 170 valence electrons. The van der Waals surface area contributed by atoms with Gasteiger partial charge in [0, 0.05) is 23.2 Å². The molecule has 0 saturated carbocycles. The summed E-state index contributed by atoms with van der Waals surface area (Å²) in [7, 11) is 0. The molecular formula is C26H48ClNO. The van der Waals surface area contributed by atoms with Gasteiger partial charge in [0.05, 0.1) is 6.10 Å². The van der Waals surface area contributed by atoms with Crippen LogP contribution in [0.25, 0.3) is 0 Å². The van der Waals surface area contributed by atoms with Gasteiger partial charge in [-0.2, -0.15) is 0 Å². The van der Waals surface area contributed by atoms with Crippen molar-refractivity contribution in [2.45, 2.75) is 125 Å². The van der Waals surface area contributed by atoms with Gasteiger partial charge in [-0.3, -0.25) is 0 Å². The third kappa shape index (κ3) is 8.79. The lowest BCUT2D eigenvalue weighted by Crippen LogP contribution is -2.29. The summed E-state index contributed by atoms with van der Waals surface area (Å²) in [5.74, 6) is 1.75. The van der Waals surface area contributed by atoms with Gasteiger partial charge in [0.2, 0.25) is 0 Å². The maximum atomic E-state index is 6.29. The summed E-state index contributed by atoms with van der Waals surface area (Å²) in [4.78, 5) is 0. The standard InChI is InChI=1S/C24H41NO.C2H6.ClH/c1-6-8-10-11-12-15-20-21(16-9-7-2)25-24-19(5)14-13-17-22(23(20)24)26-18(3)4;1-2;/h14,17-18,20-21,25H,6-13,15-16H2,1-5H3;1-2H3;1H. The monoisotopic (exact) mass is 425 g/mol. The average molecular weight is 426 g/mol. The van der Waals surface area contributed by atoms with Gasteiger partial charge in [-0.15, -0.1) is 12.4 Å². The molecule has 0 aromatic heterocycles. The van der Waals surface area contributed by atoms with Gasteiger partial charge in [-0.25, -0.2) is 0 Å². The second kappa shape index (κ2) is 15.9. The highest BCUT2D eigenvalue weighted by Gasteiger charge is 2.37. The molecule has 0 amide bonds. The minimum Gasteiger partial charge on any atom is -0.491 e. The Balaban J connectivity index is 0.00000253. The lowest BCUT2D eigenvalue weighted by molar-refractivity contribution is 0.148. The SMILES string of the molecule is CC.CCCCCCCC1C2=C(NC1CCCC)C(C)=CCC=C2OC(C)C.Cl. The van der Waals surface area contributed by atoms with Crippen molar-refractivity contribution in [2.75, 3.05) is 0 Å². The first-order valence-corrected chi connectivity index (χ1v) is 12.1. The molecule has 2 nitrogen and oxygen atoms in total. The maximum Gasteiger partial charge on any atom is 0.121 e. The van der Waals surface area contributed by atoms with E-state index in [-0.39, 0.29) is 18.5 Å². The van der Waals surface area contributed by atoms with Crippen LogP contribution in [0.5, 0.6) is 0 Å². The Labute approximate surface area is 188 Å². The maximum absolute atomic E-state index is 6.29. The largest absolute Gasteiger partial charge is 0.491 e. The molecule has 1 aliphatic carbocycles. The van der Waals surface area contributed by atoms with Gasteiger partial charge in [-0.05, 0) is 51.7 Å². The van der Waals surface area contributed by atoms with Crippen LogP contribution in [-0.2, 0) is 4.74 Å². The van der Waals surface area contributed by atoms with E-state index in [9.17, 15) is 0 Å². The molecule has 0 fully saturated rings. The predicted octanol–water partition coefficient (Wildman–Crippen LogP) is 8.49. The van der Waals surface area contributed by atoms with E-state index in [1.54, 1.807) is 0 Å². The molecule has 2 unspecified atom stereocenters. The molecule has 1 heterocycles. The van der Waals surface area contributed by atoms with Gasteiger partial charge in [0.25, 0.3) is 0 Å². The van der Waals surface area contributed by atoms with Crippen molar-refractivity contribution in [3.63, 3.8) is 0 Å². The van der Waals surface area contributed by atoms with Crippen molar-refractivity contribution in [1.29, 1.82) is 0 Å². The summed E-state index contributed by atoms with van der Waals surface area (Å²) in [6.07, 6.45) is 17.8. The zero-order valence-corrected chi connectivity index (χ0v) is 21.1. The first kappa shape index (κ1) is 28.1. The van der Waals surface area contributed by atoms with Crippen LogP contribution in [0, 0.1) is 5.92 Å². The number of hydrogen-bond donors (Lipinski definition) is 1. The summed E-state index contributed by atoms with van der Waals surface area (Å²) in [5, 5.41) is 3.91. The lowest BCUT2D eigenvalue weighted by atomic mass is 9.85. The zero-order valence-electron chi connectivity index (χ0n) is 20.3. The Bertz CT molecular complexity index is 533. The number of halogens is 1. The minimum absolute atomic E-state index is 0. The molecular weight excluding hydrogens is 378 g/mol. The van der Waals surface area contributed by atoms with Crippen LogP contribution in [0.2, 0.25) is 0 Å². The molecule has 0 aromatic carbocycles. The fraction of sp³-hybridized carbons (Fsp3) is 0.769. The van der Waals surface area contributed by atoms with Crippen LogP contribution in [0.15, 0.2) is 34.8 Å². The smallest absolute Gasteiger partial charge is 0.121 e. The van der Waals surface area contributed by atoms with Gasteiger partial charge in [-0.1, -0.05) is 78.7 Å². The number of allylic oxidation sites excluding steroid dienone is 4. The molecule has 1 aliphatic heterocycles. The van der Waals surface area contributed by atoms with E-state index in [0.717, 1.165) is 12.2 Å². The van der Waals surface area contributed by atoms with Crippen molar-refractivity contribution in [1.82, 2.24) is 5.32 Å². The second-order valence-electron chi connectivity index (χ2n) is 8.35. The molecule has 3 heteroatoms. The van der Waals surface area contributed by atoms with Crippen molar-refractivity contribution in [3.8, 4) is 0 Å². The van der Waals surface area contributed by atoms with Crippen LogP contribution in [0.1, 0.15) is 113 Å². The first-order valence-electron chi connectivity index (χ1n) is 12.1. The Kier molecular flexibility index (Phi) is 15.4. The molecule has 0 bridgehead atoms. The molecule has 2 aliphatic rings. The third-order valence-corrected chi connectivity index (χ3v) is 5.69. The molecule has 0 spiro atoms. The minimum atomic E-state index is 0. The van der Waals surface area contributed by atoms with E-state index in [0.29, 0.717) is 12.0 Å². The quantitative estimate of drug-likeness (QED) is 0.335. The fourth-order valence-corrected chi connectivity index (χ4v) is 4.31. The third-order valence-electron chi connectivity index (χ3n) is 5.69. The Morgan fingerprint density at radius 2 is 1.62 bits per heavy atom. The fourth-order valence-electron chi connectivity index (χ4n) is 4.31. The topological polar surface area (TPSA) is 21.3 Å². The highest BCUT2D eigenvalue weighted by Crippen LogP contribution is 2.41. The van der Waals surface area contributed by atoms with E-state index in [1.165, 1.54) is 74.6 Å². The predicted molar refractivity (Wildman–Crippen MR) is 132 cm³/mol. The summed E-state index contributed by atoms with van der Waals surface area (Å²) < 4.78 is 6.29. The molecule has 0 aromatic rings. The van der Waals surface area contributed by atoms with Crippen LogP contribution < -0.4 is 5.32 Å². The Morgan fingerprint density at radius 1 is 0.966 bits per heavy atom. The van der Waals surface area contributed by atoms with Crippen molar-refractivity contribution >= 4 is 12.4 Å². The van der Waals surface area contributed by atoms with E-state index in [2.05, 4.69) is 52.1 Å². The molecule has 2 rings (SSSR count). The zero-order chi connectivity index (χ0) is 20.9. The van der Waals surface area contributed by atoms with Crippen LogP contribution in [-0.4, -0.2) is 12.1 Å². The van der Waals surface area contributed by atoms with Gasteiger partial charge < -0.3 is 10.1 Å². The van der Waals surface area contributed by atoms with Gasteiger partial charge >= 0.3 is 0 Å². The van der Waals surface area contributed by atoms with Crippen molar-refractivity contribution in [3.05, 3.63) is 34.8 Å². The number of rotatable bonds is 11. The van der Waals surface area contributed by atoms with E-state index in [1.807, 2.05) is 13.8 Å². The van der Waals surface area contributed by atoms with Crippen LogP contribution in [0.4, 0.5) is 0 Å². The van der Waals surface area contributed by atoms with Crippen molar-refractivity contribution in [2.24, 2.45) is 5.92 Å². The van der Waals surface area contributed by atoms with E-state index >= 15 is 0 Å². The average Bonchev–Trinajstić information content (AvgIpc) is 2.97. The summed E-state index contributed by atoms with van der Waals surface area (Å²) in [6, 6.07) is 0.576. The number of hydrogen-bond acceptors (Lipinski definition) is 2. The molecule has 29 heavy (non-hydrogen) atoms. The molecule has 0 radical (unpaired) electrons. The summed E-state index contributed by atoms with van der Waals surface area (Å²) in [6.45, 7) is 15.1. The van der Waals surface area contributed by atoms with Crippen molar-refractivity contribution < 1.29 is 4.74 Å². The highest BCUT2D eigenvalue weighted by atomic mass is 35.5. The number of nitrogens with one attached hydrogen (secondary N) is 1. The lowest BCUT2D eigenvalue weighted by Gasteiger charge is -2.25. The van der Waals surface area contributed by atoms with Crippen LogP contribution in [0.3, 0.4) is 0 Å². The highest BCUT2D eigenvalue weighted by molar-refractivity contribution is 5.85. The van der Waals surface area contributed by atoms with E-state index < -0.39 is 0 Å². The summed E-state index contributed by atoms with van der Waals surface area (Å²) in [5.41, 5.74) is 4.24. The summed E-state index contributed by atoms with van der Waals surface area (Å²) >= 11 is 0. The van der Waals surface area contributed by atoms with E-state index in [4.69, 9.17) is 4.74 Å². The first-order chi connectivity index (χ1) is 13.6. The van der Waals surface area contributed by atoms with Gasteiger partial charge in [0.15, 0.2) is 0 Å².